The molecule has 0 saturated heterocycles. The molecule has 0 aliphatic rings. The molecule has 0 amide bonds. The number of methoxy groups -OCH3 is 1. The van der Waals surface area contributed by atoms with Gasteiger partial charge in [-0.05, 0) is 74.7 Å². The minimum absolute atomic E-state index is 0.224. The first-order valence-electron chi connectivity index (χ1n) is 9.82. The molecule has 31 heavy (non-hydrogen) atoms. The molecule has 160 valence electrons. The Labute approximate surface area is 181 Å². The van der Waals surface area contributed by atoms with Crippen molar-refractivity contribution in [3.8, 4) is 11.6 Å². The Morgan fingerprint density at radius 1 is 1.06 bits per heavy atom. The summed E-state index contributed by atoms with van der Waals surface area (Å²) in [5.41, 5.74) is 2.16. The van der Waals surface area contributed by atoms with Crippen molar-refractivity contribution in [3.63, 3.8) is 0 Å². The minimum atomic E-state index is -1.34. The van der Waals surface area contributed by atoms with E-state index in [9.17, 15) is 14.7 Å². The number of carbonyl (C=O) groups is 2. The number of allylic oxidation sites excluding steroid dienone is 1. The Hall–Kier alpha value is -3.67. The number of para-hydroxylation sites is 1. The summed E-state index contributed by atoms with van der Waals surface area (Å²) in [6, 6.07) is 13.0. The Balaban J connectivity index is 1.89. The van der Waals surface area contributed by atoms with Crippen LogP contribution < -0.4 is 9.47 Å². The predicted molar refractivity (Wildman–Crippen MR) is 120 cm³/mol. The number of carbonyl (C=O) groups excluding carboxylic acids is 1. The summed E-state index contributed by atoms with van der Waals surface area (Å²) in [6.07, 6.45) is 3.19. The van der Waals surface area contributed by atoms with Gasteiger partial charge < -0.3 is 14.6 Å². The number of rotatable bonds is 7. The van der Waals surface area contributed by atoms with E-state index in [0.29, 0.717) is 11.3 Å². The van der Waals surface area contributed by atoms with Crippen molar-refractivity contribution < 1.29 is 24.2 Å². The third kappa shape index (κ3) is 4.74. The molecule has 1 aromatic heterocycles. The number of nitrogens with zero attached hydrogens (tertiary/aromatic N) is 1. The molecule has 0 spiro atoms. The fourth-order valence-corrected chi connectivity index (χ4v) is 3.23. The van der Waals surface area contributed by atoms with Crippen LogP contribution in [0.25, 0.3) is 17.0 Å². The van der Waals surface area contributed by atoms with Crippen LogP contribution in [0.1, 0.15) is 40.9 Å². The molecule has 0 fully saturated rings. The summed E-state index contributed by atoms with van der Waals surface area (Å²) < 4.78 is 11.0. The fraction of sp³-hybridized carbons (Fsp3) is 0.240. The maximum Gasteiger partial charge on any atom is 0.347 e. The van der Waals surface area contributed by atoms with Crippen LogP contribution in [-0.2, 0) is 4.79 Å². The van der Waals surface area contributed by atoms with Crippen LogP contribution >= 0.6 is 0 Å². The second-order valence-electron chi connectivity index (χ2n) is 7.84. The summed E-state index contributed by atoms with van der Waals surface area (Å²) >= 11 is 0. The van der Waals surface area contributed by atoms with Gasteiger partial charge in [0.05, 0.1) is 18.2 Å². The molecule has 3 rings (SSSR count). The molecule has 0 atom stereocenters. The minimum Gasteiger partial charge on any atom is -0.480 e. The van der Waals surface area contributed by atoms with E-state index in [1.165, 1.54) is 27.0 Å². The zero-order chi connectivity index (χ0) is 22.8. The van der Waals surface area contributed by atoms with Gasteiger partial charge in [0.1, 0.15) is 5.75 Å². The number of carboxylic acids is 1. The highest BCUT2D eigenvalue weighted by atomic mass is 16.5. The molecular formula is C25H25NO5. The Bertz CT molecular complexity index is 1170. The molecule has 0 saturated carbocycles. The van der Waals surface area contributed by atoms with Gasteiger partial charge in [-0.15, -0.1) is 0 Å². The number of fused-ring (bicyclic) bond motifs is 1. The van der Waals surface area contributed by atoms with Gasteiger partial charge >= 0.3 is 5.97 Å². The number of carboxylic acid groups (broad SMARTS) is 1. The Morgan fingerprint density at radius 2 is 1.71 bits per heavy atom. The van der Waals surface area contributed by atoms with E-state index in [4.69, 9.17) is 9.47 Å². The standard InChI is InChI=1S/C25H25NO5/c1-15-12-17(13-16(2)22(15)31-25(3,4)24(28)29)10-11-21(27)19-14-18-8-6-7-9-20(18)26-23(19)30-5/h6-14H,1-5H3,(H,28,29)/b11-10+. The summed E-state index contributed by atoms with van der Waals surface area (Å²) in [7, 11) is 1.49. The maximum atomic E-state index is 12.8. The van der Waals surface area contributed by atoms with Gasteiger partial charge in [-0.25, -0.2) is 9.78 Å². The monoisotopic (exact) mass is 419 g/mol. The molecule has 0 unspecified atom stereocenters. The third-order valence-corrected chi connectivity index (χ3v) is 4.93. The number of ketones is 1. The van der Waals surface area contributed by atoms with Crippen molar-refractivity contribution in [3.05, 3.63) is 70.8 Å². The van der Waals surface area contributed by atoms with Crippen molar-refractivity contribution in [2.75, 3.05) is 7.11 Å². The highest BCUT2D eigenvalue weighted by molar-refractivity contribution is 6.10. The smallest absolute Gasteiger partial charge is 0.347 e. The van der Waals surface area contributed by atoms with Crippen molar-refractivity contribution in [1.29, 1.82) is 0 Å². The van der Waals surface area contributed by atoms with Gasteiger partial charge in [-0.2, -0.15) is 0 Å². The molecule has 1 heterocycles. The van der Waals surface area contributed by atoms with Crippen LogP contribution in [-0.4, -0.2) is 34.6 Å². The summed E-state index contributed by atoms with van der Waals surface area (Å²) in [5.74, 6) is -0.465. The lowest BCUT2D eigenvalue weighted by Crippen LogP contribution is -2.38. The maximum absolute atomic E-state index is 12.8. The number of aromatic nitrogens is 1. The molecule has 0 radical (unpaired) electrons. The molecule has 0 aliphatic heterocycles. The topological polar surface area (TPSA) is 85.7 Å². The molecule has 1 N–H and O–H groups in total. The van der Waals surface area contributed by atoms with Crippen LogP contribution in [0.5, 0.6) is 11.6 Å². The number of hydrogen-bond acceptors (Lipinski definition) is 5. The van der Waals surface area contributed by atoms with Crippen LogP contribution in [0.4, 0.5) is 0 Å². The zero-order valence-electron chi connectivity index (χ0n) is 18.2. The van der Waals surface area contributed by atoms with Gasteiger partial charge in [-0.1, -0.05) is 24.3 Å². The van der Waals surface area contributed by atoms with Crippen LogP contribution in [0, 0.1) is 13.8 Å². The zero-order valence-corrected chi connectivity index (χ0v) is 18.2. The average molecular weight is 419 g/mol. The quantitative estimate of drug-likeness (QED) is 0.429. The largest absolute Gasteiger partial charge is 0.480 e. The number of aliphatic carboxylic acids is 1. The van der Waals surface area contributed by atoms with E-state index in [0.717, 1.165) is 27.6 Å². The van der Waals surface area contributed by atoms with Crippen molar-refractivity contribution >= 4 is 28.7 Å². The lowest BCUT2D eigenvalue weighted by Gasteiger charge is -2.24. The lowest BCUT2D eigenvalue weighted by atomic mass is 10.0. The van der Waals surface area contributed by atoms with Crippen molar-refractivity contribution in [2.24, 2.45) is 0 Å². The molecule has 0 aliphatic carbocycles. The highest BCUT2D eigenvalue weighted by Gasteiger charge is 2.30. The molecule has 6 nitrogen and oxygen atoms in total. The van der Waals surface area contributed by atoms with Gasteiger partial charge in [0, 0.05) is 5.39 Å². The number of hydrogen-bond donors (Lipinski definition) is 1. The van der Waals surface area contributed by atoms with E-state index in [1.54, 1.807) is 12.1 Å². The SMILES string of the molecule is COc1nc2ccccc2cc1C(=O)/C=C/c1cc(C)c(OC(C)(C)C(=O)O)c(C)c1. The number of ether oxygens (including phenoxy) is 2. The second-order valence-corrected chi connectivity index (χ2v) is 7.84. The first kappa shape index (κ1) is 22.0. The average Bonchev–Trinajstić information content (AvgIpc) is 2.73. The fourth-order valence-electron chi connectivity index (χ4n) is 3.23. The van der Waals surface area contributed by atoms with E-state index in [2.05, 4.69) is 4.98 Å². The molecular weight excluding hydrogens is 394 g/mol. The van der Waals surface area contributed by atoms with Crippen molar-refractivity contribution in [1.82, 2.24) is 4.98 Å². The van der Waals surface area contributed by atoms with Crippen molar-refractivity contribution in [2.45, 2.75) is 33.3 Å². The summed E-state index contributed by atoms with van der Waals surface area (Å²) in [6.45, 7) is 6.70. The third-order valence-electron chi connectivity index (χ3n) is 4.93. The Morgan fingerprint density at radius 3 is 2.32 bits per heavy atom. The molecule has 3 aromatic rings. The van der Waals surface area contributed by atoms with Crippen LogP contribution in [0.3, 0.4) is 0 Å². The first-order valence-corrected chi connectivity index (χ1v) is 9.82. The molecule has 2 aromatic carbocycles. The first-order chi connectivity index (χ1) is 14.6. The molecule has 0 bridgehead atoms. The van der Waals surface area contributed by atoms with E-state index in [1.807, 2.05) is 50.2 Å². The molecule has 6 heteroatoms. The number of aryl methyl sites for hydroxylation is 2. The number of pyridine rings is 1. The Kier molecular flexibility index (Phi) is 6.11. The normalized spacial score (nSPS) is 11.6. The van der Waals surface area contributed by atoms with Crippen LogP contribution in [0.15, 0.2) is 48.5 Å². The predicted octanol–water partition coefficient (Wildman–Crippen LogP) is 5.00. The van der Waals surface area contributed by atoms with Gasteiger partial charge in [0.15, 0.2) is 11.4 Å². The van der Waals surface area contributed by atoms with Gasteiger partial charge in [0.2, 0.25) is 5.88 Å². The summed E-state index contributed by atoms with van der Waals surface area (Å²) in [5, 5.41) is 10.2. The van der Waals surface area contributed by atoms with E-state index >= 15 is 0 Å². The summed E-state index contributed by atoms with van der Waals surface area (Å²) in [4.78, 5) is 28.6. The van der Waals surface area contributed by atoms with E-state index < -0.39 is 11.6 Å². The lowest BCUT2D eigenvalue weighted by molar-refractivity contribution is -0.152. The van der Waals surface area contributed by atoms with Crippen LogP contribution in [0.2, 0.25) is 0 Å². The van der Waals surface area contributed by atoms with Gasteiger partial charge in [-0.3, -0.25) is 4.79 Å². The highest BCUT2D eigenvalue weighted by Crippen LogP contribution is 2.29. The number of benzene rings is 2. The van der Waals surface area contributed by atoms with E-state index in [-0.39, 0.29) is 11.7 Å². The van der Waals surface area contributed by atoms with Gasteiger partial charge in [0.25, 0.3) is 0 Å². The second kappa shape index (κ2) is 8.60.